The monoisotopic (exact) mass is 476 g/mol. The number of carbonyl (C=O) groups excluding carboxylic acids is 1. The van der Waals surface area contributed by atoms with Crippen molar-refractivity contribution in [1.82, 2.24) is 4.90 Å². The van der Waals surface area contributed by atoms with Gasteiger partial charge in [0.25, 0.3) is 5.91 Å². The fraction of sp³-hybridized carbons (Fsp3) is 0.448. The van der Waals surface area contributed by atoms with E-state index in [9.17, 15) is 4.79 Å². The quantitative estimate of drug-likeness (QED) is 0.457. The van der Waals surface area contributed by atoms with Gasteiger partial charge in [0.05, 0.1) is 38.1 Å². The summed E-state index contributed by atoms with van der Waals surface area (Å²) in [5.41, 5.74) is 3.46. The number of fused-ring (bicyclic) bond motifs is 2. The van der Waals surface area contributed by atoms with Gasteiger partial charge in [0, 0.05) is 24.9 Å². The second kappa shape index (κ2) is 9.40. The lowest BCUT2D eigenvalue weighted by Crippen LogP contribution is -2.32. The molecule has 2 aromatic rings. The molecule has 0 aliphatic carbocycles. The van der Waals surface area contributed by atoms with Crippen LogP contribution in [0.3, 0.4) is 0 Å². The molecule has 4 rings (SSSR count). The van der Waals surface area contributed by atoms with E-state index in [1.807, 2.05) is 42.7 Å². The van der Waals surface area contributed by atoms with Crippen LogP contribution in [0, 0.1) is 10.8 Å². The minimum atomic E-state index is -0.131. The second-order valence-corrected chi connectivity index (χ2v) is 11.4. The molecular weight excluding hydrogens is 440 g/mol. The Morgan fingerprint density at radius 2 is 1.71 bits per heavy atom. The topological polar surface area (TPSA) is 60.4 Å². The van der Waals surface area contributed by atoms with Crippen molar-refractivity contribution in [2.24, 2.45) is 15.8 Å². The zero-order valence-electron chi connectivity index (χ0n) is 21.8. The van der Waals surface area contributed by atoms with Gasteiger partial charge in [-0.1, -0.05) is 46.8 Å². The number of aliphatic imine (C=N–C) groups is 1. The van der Waals surface area contributed by atoms with Gasteiger partial charge in [-0.05, 0) is 46.6 Å². The Hall–Kier alpha value is -3.28. The Labute approximate surface area is 208 Å². The van der Waals surface area contributed by atoms with Crippen LogP contribution in [0.4, 0.5) is 5.69 Å². The highest BCUT2D eigenvalue weighted by Gasteiger charge is 2.34. The van der Waals surface area contributed by atoms with Crippen LogP contribution in [-0.4, -0.2) is 43.9 Å². The van der Waals surface area contributed by atoms with Crippen LogP contribution in [0.2, 0.25) is 0 Å². The van der Waals surface area contributed by atoms with Crippen molar-refractivity contribution in [3.05, 3.63) is 53.7 Å². The molecule has 2 heterocycles. The lowest BCUT2D eigenvalue weighted by molar-refractivity contribution is 0.0817. The summed E-state index contributed by atoms with van der Waals surface area (Å²) < 4.78 is 17.1. The zero-order valence-corrected chi connectivity index (χ0v) is 21.8. The number of methoxy groups -OCH3 is 2. The van der Waals surface area contributed by atoms with E-state index in [0.717, 1.165) is 23.3 Å². The van der Waals surface area contributed by atoms with Crippen LogP contribution in [0.15, 0.2) is 47.6 Å². The second-order valence-electron chi connectivity index (χ2n) is 11.4. The van der Waals surface area contributed by atoms with Crippen molar-refractivity contribution in [1.29, 1.82) is 0 Å². The molecule has 0 spiro atoms. The Bertz CT molecular complexity index is 1160. The van der Waals surface area contributed by atoms with Gasteiger partial charge in [-0.15, -0.1) is 0 Å². The van der Waals surface area contributed by atoms with E-state index >= 15 is 0 Å². The summed E-state index contributed by atoms with van der Waals surface area (Å²) in [6.07, 6.45) is 5.51. The Balaban J connectivity index is 1.58. The average Bonchev–Trinajstić information content (AvgIpc) is 3.18. The molecule has 2 aliphatic rings. The van der Waals surface area contributed by atoms with Gasteiger partial charge in [-0.2, -0.15) is 0 Å². The maximum absolute atomic E-state index is 13.5. The van der Waals surface area contributed by atoms with Crippen molar-refractivity contribution in [3.63, 3.8) is 0 Å². The summed E-state index contributed by atoms with van der Waals surface area (Å²) >= 11 is 0. The predicted molar refractivity (Wildman–Crippen MR) is 140 cm³/mol. The van der Waals surface area contributed by atoms with E-state index < -0.39 is 0 Å². The summed E-state index contributed by atoms with van der Waals surface area (Å²) in [6.45, 7) is 11.7. The average molecular weight is 477 g/mol. The molecule has 1 amide bonds. The van der Waals surface area contributed by atoms with E-state index in [-0.39, 0.29) is 22.8 Å². The third-order valence-corrected chi connectivity index (χ3v) is 6.30. The first kappa shape index (κ1) is 24.8. The smallest absolute Gasteiger partial charge is 0.260 e. The van der Waals surface area contributed by atoms with Crippen LogP contribution in [-0.2, 0) is 0 Å². The summed E-state index contributed by atoms with van der Waals surface area (Å²) in [7, 11) is 3.25. The van der Waals surface area contributed by atoms with Crippen molar-refractivity contribution >= 4 is 23.4 Å². The molecule has 0 unspecified atom stereocenters. The first-order valence-electron chi connectivity index (χ1n) is 12.1. The molecule has 2 aliphatic heterocycles. The zero-order chi connectivity index (χ0) is 25.4. The standard InChI is InChI=1S/C29H36N2O4/c1-28(2,3)17-29(4,5)18-35-26-14-24-23(13-25(26)34-7)27(32)31-16-20(12-21(31)15-30-24)19-8-10-22(33-6)11-9-19/h8-11,13-16,21H,12,17-18H2,1-7H3/t21-/m0/s1. The maximum atomic E-state index is 13.5. The highest BCUT2D eigenvalue weighted by Crippen LogP contribution is 2.41. The van der Waals surface area contributed by atoms with E-state index in [4.69, 9.17) is 19.2 Å². The maximum Gasteiger partial charge on any atom is 0.260 e. The fourth-order valence-corrected chi connectivity index (χ4v) is 5.14. The highest BCUT2D eigenvalue weighted by molar-refractivity contribution is 6.05. The van der Waals surface area contributed by atoms with Crippen LogP contribution < -0.4 is 14.2 Å². The lowest BCUT2D eigenvalue weighted by atomic mass is 9.77. The van der Waals surface area contributed by atoms with E-state index in [1.165, 1.54) is 0 Å². The first-order chi connectivity index (χ1) is 16.5. The molecule has 6 heteroatoms. The summed E-state index contributed by atoms with van der Waals surface area (Å²) in [5, 5.41) is 0. The number of amides is 1. The fourth-order valence-electron chi connectivity index (χ4n) is 5.14. The summed E-state index contributed by atoms with van der Waals surface area (Å²) in [5.74, 6) is 1.86. The lowest BCUT2D eigenvalue weighted by Gasteiger charge is -2.32. The van der Waals surface area contributed by atoms with Crippen molar-refractivity contribution in [2.75, 3.05) is 20.8 Å². The van der Waals surface area contributed by atoms with Crippen molar-refractivity contribution in [2.45, 2.75) is 53.5 Å². The predicted octanol–water partition coefficient (Wildman–Crippen LogP) is 6.52. The summed E-state index contributed by atoms with van der Waals surface area (Å²) in [4.78, 5) is 20.0. The number of nitrogens with zero attached hydrogens (tertiary/aromatic N) is 2. The van der Waals surface area contributed by atoms with Crippen LogP contribution in [0.5, 0.6) is 17.2 Å². The molecule has 0 N–H and O–H groups in total. The van der Waals surface area contributed by atoms with Gasteiger partial charge in [-0.25, -0.2) is 0 Å². The number of benzene rings is 2. The van der Waals surface area contributed by atoms with Crippen molar-refractivity contribution in [3.8, 4) is 17.2 Å². The van der Waals surface area contributed by atoms with Gasteiger partial charge in [-0.3, -0.25) is 9.79 Å². The number of ether oxygens (including phenoxy) is 3. The molecule has 2 aromatic carbocycles. The van der Waals surface area contributed by atoms with Crippen LogP contribution in [0.1, 0.15) is 63.4 Å². The van der Waals surface area contributed by atoms with Crippen molar-refractivity contribution < 1.29 is 19.0 Å². The molecule has 0 radical (unpaired) electrons. The SMILES string of the molecule is COc1ccc(C2=CN3C(=O)c4cc(OC)c(OCC(C)(C)CC(C)(C)C)cc4N=C[C@@H]3C2)cc1. The van der Waals surface area contributed by atoms with Gasteiger partial charge in [0.1, 0.15) is 5.75 Å². The minimum Gasteiger partial charge on any atom is -0.497 e. The normalized spacial score (nSPS) is 17.5. The largest absolute Gasteiger partial charge is 0.497 e. The molecule has 0 saturated heterocycles. The molecule has 6 nitrogen and oxygen atoms in total. The minimum absolute atomic E-state index is 0.0134. The van der Waals surface area contributed by atoms with E-state index in [0.29, 0.717) is 35.8 Å². The van der Waals surface area contributed by atoms with Gasteiger partial charge >= 0.3 is 0 Å². The molecule has 1 atom stereocenters. The van der Waals surface area contributed by atoms with Gasteiger partial charge < -0.3 is 19.1 Å². The Morgan fingerprint density at radius 3 is 2.34 bits per heavy atom. The number of hydrogen-bond acceptors (Lipinski definition) is 5. The molecule has 0 fully saturated rings. The number of hydrogen-bond donors (Lipinski definition) is 0. The first-order valence-corrected chi connectivity index (χ1v) is 12.1. The Kier molecular flexibility index (Phi) is 6.67. The van der Waals surface area contributed by atoms with E-state index in [1.54, 1.807) is 25.2 Å². The number of rotatable bonds is 7. The molecule has 186 valence electrons. The van der Waals surface area contributed by atoms with Gasteiger partial charge in [0.15, 0.2) is 11.5 Å². The molecular formula is C29H36N2O4. The van der Waals surface area contributed by atoms with Gasteiger partial charge in [0.2, 0.25) is 0 Å². The highest BCUT2D eigenvalue weighted by atomic mass is 16.5. The molecule has 35 heavy (non-hydrogen) atoms. The van der Waals surface area contributed by atoms with Crippen LogP contribution in [0.25, 0.3) is 5.57 Å². The number of carbonyl (C=O) groups is 1. The molecule has 0 aromatic heterocycles. The third-order valence-electron chi connectivity index (χ3n) is 6.30. The van der Waals surface area contributed by atoms with E-state index in [2.05, 4.69) is 34.6 Å². The van der Waals surface area contributed by atoms with Crippen LogP contribution >= 0.6 is 0 Å². The summed E-state index contributed by atoms with van der Waals surface area (Å²) in [6, 6.07) is 11.3. The Morgan fingerprint density at radius 1 is 1.00 bits per heavy atom. The third kappa shape index (κ3) is 5.53. The molecule has 0 bridgehead atoms. The molecule has 0 saturated carbocycles.